The third kappa shape index (κ3) is 2.73. The molecule has 1 atom stereocenters. The van der Waals surface area contributed by atoms with Crippen molar-refractivity contribution in [1.82, 2.24) is 3.97 Å². The Bertz CT molecular complexity index is 956. The van der Waals surface area contributed by atoms with Crippen molar-refractivity contribution in [3.63, 3.8) is 0 Å². The standard InChI is InChI=1S/C18H16FNO3S/c1-18(9-3-2-4-10-18)24(22,23)20-11-8-15(13-20)17(21)14-6-5-7-16(19)12-14/h2-9,11-13H,10H2,1H3. The van der Waals surface area contributed by atoms with Gasteiger partial charge in [0, 0.05) is 23.5 Å². The highest BCUT2D eigenvalue weighted by molar-refractivity contribution is 7.91. The lowest BCUT2D eigenvalue weighted by Gasteiger charge is -2.26. The molecule has 1 heterocycles. The number of halogens is 1. The topological polar surface area (TPSA) is 56.1 Å². The van der Waals surface area contributed by atoms with E-state index in [1.54, 1.807) is 31.2 Å². The summed E-state index contributed by atoms with van der Waals surface area (Å²) in [5.41, 5.74) is 0.375. The van der Waals surface area contributed by atoms with Gasteiger partial charge < -0.3 is 0 Å². The summed E-state index contributed by atoms with van der Waals surface area (Å²) in [6.45, 7) is 1.64. The van der Waals surface area contributed by atoms with E-state index in [9.17, 15) is 17.6 Å². The van der Waals surface area contributed by atoms with Crippen LogP contribution in [0.2, 0.25) is 0 Å². The first-order valence-electron chi connectivity index (χ1n) is 7.41. The summed E-state index contributed by atoms with van der Waals surface area (Å²) >= 11 is 0. The van der Waals surface area contributed by atoms with Crippen molar-refractivity contribution < 1.29 is 17.6 Å². The maximum Gasteiger partial charge on any atom is 0.247 e. The molecule has 0 amide bonds. The van der Waals surface area contributed by atoms with Crippen molar-refractivity contribution in [2.24, 2.45) is 0 Å². The third-order valence-corrected chi connectivity index (χ3v) is 6.37. The molecule has 0 aliphatic heterocycles. The van der Waals surface area contributed by atoms with Gasteiger partial charge in [-0.2, -0.15) is 0 Å². The van der Waals surface area contributed by atoms with Crippen molar-refractivity contribution in [3.05, 3.63) is 84.0 Å². The molecule has 0 radical (unpaired) electrons. The Hall–Kier alpha value is -2.47. The fourth-order valence-electron chi connectivity index (χ4n) is 2.60. The van der Waals surface area contributed by atoms with Crippen molar-refractivity contribution in [2.45, 2.75) is 18.1 Å². The van der Waals surface area contributed by atoms with Crippen LogP contribution in [0, 0.1) is 5.82 Å². The maximum atomic E-state index is 13.3. The summed E-state index contributed by atoms with van der Waals surface area (Å²) in [6.07, 6.45) is 9.90. The minimum atomic E-state index is -3.71. The number of hydrogen-bond donors (Lipinski definition) is 0. The van der Waals surface area contributed by atoms with Gasteiger partial charge in [0.1, 0.15) is 10.6 Å². The molecule has 6 heteroatoms. The van der Waals surface area contributed by atoms with Crippen LogP contribution in [0.1, 0.15) is 29.3 Å². The molecular formula is C18H16FNO3S. The van der Waals surface area contributed by atoms with Crippen molar-refractivity contribution in [3.8, 4) is 0 Å². The quantitative estimate of drug-likeness (QED) is 0.799. The van der Waals surface area contributed by atoms with E-state index in [0.29, 0.717) is 6.42 Å². The van der Waals surface area contributed by atoms with Gasteiger partial charge in [0.05, 0.1) is 0 Å². The number of ketones is 1. The normalized spacial score (nSPS) is 20.2. The SMILES string of the molecule is CC1(S(=O)(=O)n2ccc(C(=O)c3cccc(F)c3)c2)C=CC=CC1. The van der Waals surface area contributed by atoms with Crippen LogP contribution in [0.25, 0.3) is 0 Å². The summed E-state index contributed by atoms with van der Waals surface area (Å²) in [5.74, 6) is -0.938. The van der Waals surface area contributed by atoms with Crippen molar-refractivity contribution >= 4 is 15.8 Å². The van der Waals surface area contributed by atoms with Crippen LogP contribution in [-0.4, -0.2) is 22.9 Å². The van der Waals surface area contributed by atoms with E-state index in [-0.39, 0.29) is 11.1 Å². The fourth-order valence-corrected chi connectivity index (χ4v) is 4.11. The predicted octanol–water partition coefficient (Wildman–Crippen LogP) is 3.31. The molecule has 1 aliphatic rings. The van der Waals surface area contributed by atoms with Gasteiger partial charge in [-0.25, -0.2) is 12.8 Å². The van der Waals surface area contributed by atoms with Gasteiger partial charge in [-0.1, -0.05) is 36.4 Å². The summed E-state index contributed by atoms with van der Waals surface area (Å²) in [7, 11) is -3.71. The second kappa shape index (κ2) is 5.87. The second-order valence-electron chi connectivity index (χ2n) is 5.88. The molecule has 0 spiro atoms. The van der Waals surface area contributed by atoms with E-state index < -0.39 is 26.4 Å². The molecule has 124 valence electrons. The van der Waals surface area contributed by atoms with Gasteiger partial charge in [0.15, 0.2) is 5.78 Å². The Morgan fingerprint density at radius 2 is 2.00 bits per heavy atom. The van der Waals surface area contributed by atoms with Crippen LogP contribution in [0.15, 0.2) is 67.0 Å². The van der Waals surface area contributed by atoms with Crippen LogP contribution >= 0.6 is 0 Å². The minimum Gasteiger partial charge on any atom is -0.289 e. The molecule has 0 bridgehead atoms. The Kier molecular flexibility index (Phi) is 4.01. The van der Waals surface area contributed by atoms with Gasteiger partial charge in [-0.3, -0.25) is 8.77 Å². The van der Waals surface area contributed by atoms with E-state index >= 15 is 0 Å². The van der Waals surface area contributed by atoms with Gasteiger partial charge in [-0.05, 0) is 31.5 Å². The van der Waals surface area contributed by atoms with E-state index in [0.717, 1.165) is 10.0 Å². The average Bonchev–Trinajstić information content (AvgIpc) is 3.05. The number of aromatic nitrogens is 1. The molecule has 0 fully saturated rings. The molecule has 0 saturated heterocycles. The van der Waals surface area contributed by atoms with Crippen LogP contribution in [-0.2, 0) is 10.0 Å². The molecule has 1 unspecified atom stereocenters. The lowest BCUT2D eigenvalue weighted by molar-refractivity contribution is 0.103. The number of carbonyl (C=O) groups excluding carboxylic acids is 1. The number of carbonyl (C=O) groups is 1. The number of rotatable bonds is 4. The number of nitrogens with zero attached hydrogens (tertiary/aromatic N) is 1. The van der Waals surface area contributed by atoms with Crippen LogP contribution in [0.3, 0.4) is 0 Å². The first-order chi connectivity index (χ1) is 11.3. The van der Waals surface area contributed by atoms with Crippen molar-refractivity contribution in [2.75, 3.05) is 0 Å². The third-order valence-electron chi connectivity index (χ3n) is 4.10. The van der Waals surface area contributed by atoms with Crippen LogP contribution in [0.5, 0.6) is 0 Å². The zero-order valence-corrected chi connectivity index (χ0v) is 13.8. The average molecular weight is 345 g/mol. The Morgan fingerprint density at radius 1 is 1.21 bits per heavy atom. The van der Waals surface area contributed by atoms with E-state index in [4.69, 9.17) is 0 Å². The van der Waals surface area contributed by atoms with E-state index in [2.05, 4.69) is 0 Å². The summed E-state index contributed by atoms with van der Waals surface area (Å²) < 4.78 is 38.9. The highest BCUT2D eigenvalue weighted by Gasteiger charge is 2.38. The van der Waals surface area contributed by atoms with Crippen LogP contribution < -0.4 is 0 Å². The first kappa shape index (κ1) is 16.4. The lowest BCUT2D eigenvalue weighted by Crippen LogP contribution is -2.37. The lowest BCUT2D eigenvalue weighted by atomic mass is 10.0. The van der Waals surface area contributed by atoms with Gasteiger partial charge in [0.2, 0.25) is 10.0 Å². The molecule has 1 aromatic carbocycles. The Labute approximate surface area is 140 Å². The molecule has 0 N–H and O–H groups in total. The second-order valence-corrected chi connectivity index (χ2v) is 8.18. The van der Waals surface area contributed by atoms with Gasteiger partial charge in [-0.15, -0.1) is 0 Å². The summed E-state index contributed by atoms with van der Waals surface area (Å²) in [5, 5.41) is 0. The molecule has 2 aromatic rings. The largest absolute Gasteiger partial charge is 0.289 e. The van der Waals surface area contributed by atoms with Gasteiger partial charge in [0.25, 0.3) is 0 Å². The van der Waals surface area contributed by atoms with E-state index in [1.165, 1.54) is 36.7 Å². The molecule has 1 aromatic heterocycles. The molecular weight excluding hydrogens is 329 g/mol. The summed E-state index contributed by atoms with van der Waals surface area (Å²) in [6, 6.07) is 6.74. The molecule has 3 rings (SSSR count). The van der Waals surface area contributed by atoms with Crippen molar-refractivity contribution in [1.29, 1.82) is 0 Å². The van der Waals surface area contributed by atoms with Crippen LogP contribution in [0.4, 0.5) is 4.39 Å². The monoisotopic (exact) mass is 345 g/mol. The zero-order valence-electron chi connectivity index (χ0n) is 13.0. The number of allylic oxidation sites excluding steroid dienone is 3. The molecule has 4 nitrogen and oxygen atoms in total. The smallest absolute Gasteiger partial charge is 0.247 e. The Balaban J connectivity index is 1.95. The van der Waals surface area contributed by atoms with Gasteiger partial charge >= 0.3 is 0 Å². The maximum absolute atomic E-state index is 13.3. The number of hydrogen-bond acceptors (Lipinski definition) is 3. The highest BCUT2D eigenvalue weighted by atomic mass is 32.2. The number of benzene rings is 1. The highest BCUT2D eigenvalue weighted by Crippen LogP contribution is 2.29. The minimum absolute atomic E-state index is 0.178. The summed E-state index contributed by atoms with van der Waals surface area (Å²) in [4.78, 5) is 12.4. The Morgan fingerprint density at radius 3 is 2.67 bits per heavy atom. The molecule has 0 saturated carbocycles. The molecule has 1 aliphatic carbocycles. The predicted molar refractivity (Wildman–Crippen MR) is 89.9 cm³/mol. The molecule has 24 heavy (non-hydrogen) atoms. The first-order valence-corrected chi connectivity index (χ1v) is 8.85. The zero-order chi connectivity index (χ0) is 17.4. The van der Waals surface area contributed by atoms with E-state index in [1.807, 2.05) is 0 Å². The fraction of sp³-hybridized carbons (Fsp3) is 0.167.